The summed E-state index contributed by atoms with van der Waals surface area (Å²) in [6.07, 6.45) is 1.66. The second-order valence-electron chi connectivity index (χ2n) is 4.27. The van der Waals surface area contributed by atoms with E-state index in [0.29, 0.717) is 17.7 Å². The fourth-order valence-electron chi connectivity index (χ4n) is 1.96. The van der Waals surface area contributed by atoms with Gasteiger partial charge in [-0.1, -0.05) is 30.3 Å². The van der Waals surface area contributed by atoms with Gasteiger partial charge in [-0.25, -0.2) is 4.79 Å². The fraction of sp³-hybridized carbons (Fsp3) is 0.188. The Morgan fingerprint density at radius 3 is 2.74 bits per heavy atom. The molecule has 0 spiro atoms. The molecular weight excluding hydrogens is 240 g/mol. The highest BCUT2D eigenvalue weighted by atomic mass is 16.5. The third kappa shape index (κ3) is 2.76. The number of phenols is 1. The molecule has 98 valence electrons. The summed E-state index contributed by atoms with van der Waals surface area (Å²) in [5.74, 6) is -0.211. The first-order valence-electron chi connectivity index (χ1n) is 6.19. The number of fused-ring (bicyclic) bond motifs is 1. The van der Waals surface area contributed by atoms with Crippen molar-refractivity contribution in [3.8, 4) is 5.75 Å². The van der Waals surface area contributed by atoms with E-state index in [1.807, 2.05) is 30.3 Å². The zero-order valence-electron chi connectivity index (χ0n) is 11.0. The lowest BCUT2D eigenvalue weighted by molar-refractivity contribution is -0.138. The van der Waals surface area contributed by atoms with E-state index in [4.69, 9.17) is 4.74 Å². The van der Waals surface area contributed by atoms with Gasteiger partial charge in [0.2, 0.25) is 0 Å². The summed E-state index contributed by atoms with van der Waals surface area (Å²) in [5.41, 5.74) is 1.11. The molecule has 0 aliphatic rings. The molecule has 0 heterocycles. The van der Waals surface area contributed by atoms with E-state index in [9.17, 15) is 9.90 Å². The van der Waals surface area contributed by atoms with Gasteiger partial charge in [-0.15, -0.1) is 0 Å². The summed E-state index contributed by atoms with van der Waals surface area (Å²) < 4.78 is 4.94. The summed E-state index contributed by atoms with van der Waals surface area (Å²) in [6, 6.07) is 11.2. The number of carbonyl (C=O) groups is 1. The van der Waals surface area contributed by atoms with Crippen LogP contribution in [0.5, 0.6) is 5.75 Å². The largest absolute Gasteiger partial charge is 0.507 e. The van der Waals surface area contributed by atoms with Crippen LogP contribution in [-0.2, 0) is 9.53 Å². The lowest BCUT2D eigenvalue weighted by atomic mass is 10.0. The monoisotopic (exact) mass is 256 g/mol. The molecule has 0 unspecified atom stereocenters. The van der Waals surface area contributed by atoms with Crippen LogP contribution in [0.4, 0.5) is 0 Å². The first kappa shape index (κ1) is 13.1. The molecule has 0 bridgehead atoms. The topological polar surface area (TPSA) is 46.5 Å². The van der Waals surface area contributed by atoms with Gasteiger partial charge in [0, 0.05) is 11.1 Å². The first-order chi connectivity index (χ1) is 9.13. The van der Waals surface area contributed by atoms with E-state index in [1.54, 1.807) is 26.0 Å². The van der Waals surface area contributed by atoms with Gasteiger partial charge in [-0.3, -0.25) is 0 Å². The molecule has 3 nitrogen and oxygen atoms in total. The maximum Gasteiger partial charge on any atom is 0.333 e. The zero-order chi connectivity index (χ0) is 13.8. The molecule has 0 aliphatic carbocycles. The van der Waals surface area contributed by atoms with E-state index in [1.165, 1.54) is 0 Å². The molecule has 0 amide bonds. The van der Waals surface area contributed by atoms with Gasteiger partial charge in [0.05, 0.1) is 6.61 Å². The number of benzene rings is 2. The third-order valence-corrected chi connectivity index (χ3v) is 2.91. The number of rotatable bonds is 3. The number of phenolic OH excluding ortho intramolecular Hbond substituents is 1. The van der Waals surface area contributed by atoms with Crippen LogP contribution in [0.3, 0.4) is 0 Å². The van der Waals surface area contributed by atoms with Crippen LogP contribution in [0.25, 0.3) is 16.8 Å². The van der Waals surface area contributed by atoms with Crippen LogP contribution in [-0.4, -0.2) is 17.7 Å². The van der Waals surface area contributed by atoms with E-state index in [-0.39, 0.29) is 11.7 Å². The Morgan fingerprint density at radius 1 is 1.26 bits per heavy atom. The Kier molecular flexibility index (Phi) is 3.85. The van der Waals surface area contributed by atoms with Gasteiger partial charge in [-0.2, -0.15) is 0 Å². The van der Waals surface area contributed by atoms with Crippen LogP contribution in [0.1, 0.15) is 19.4 Å². The standard InChI is InChI=1S/C16H16O3/c1-3-19-16(18)11(2)10-14-13-7-5-4-6-12(13)8-9-15(14)17/h4-10,17H,3H2,1-2H3/b11-10+. The number of esters is 1. The fourth-order valence-corrected chi connectivity index (χ4v) is 1.96. The highest BCUT2D eigenvalue weighted by Crippen LogP contribution is 2.29. The van der Waals surface area contributed by atoms with Crippen molar-refractivity contribution in [3.05, 3.63) is 47.5 Å². The molecule has 2 rings (SSSR count). The summed E-state index contributed by atoms with van der Waals surface area (Å²) >= 11 is 0. The van der Waals surface area contributed by atoms with Crippen molar-refractivity contribution < 1.29 is 14.6 Å². The summed E-state index contributed by atoms with van der Waals surface area (Å²) in [5, 5.41) is 11.9. The van der Waals surface area contributed by atoms with Gasteiger partial charge in [0.1, 0.15) is 5.75 Å². The predicted octanol–water partition coefficient (Wildman–Crippen LogP) is 3.51. The van der Waals surface area contributed by atoms with E-state index in [0.717, 1.165) is 10.8 Å². The Morgan fingerprint density at radius 2 is 2.00 bits per heavy atom. The Balaban J connectivity index is 2.53. The minimum Gasteiger partial charge on any atom is -0.507 e. The summed E-state index contributed by atoms with van der Waals surface area (Å²) in [4.78, 5) is 11.6. The van der Waals surface area contributed by atoms with Gasteiger partial charge in [-0.05, 0) is 36.8 Å². The maximum absolute atomic E-state index is 11.6. The molecule has 2 aromatic rings. The summed E-state index contributed by atoms with van der Waals surface area (Å²) in [6.45, 7) is 3.78. The van der Waals surface area contributed by atoms with Gasteiger partial charge in [0.15, 0.2) is 0 Å². The third-order valence-electron chi connectivity index (χ3n) is 2.91. The van der Waals surface area contributed by atoms with Gasteiger partial charge >= 0.3 is 5.97 Å². The molecule has 3 heteroatoms. The number of aromatic hydroxyl groups is 1. The molecule has 0 saturated heterocycles. The molecule has 0 aliphatic heterocycles. The van der Waals surface area contributed by atoms with Crippen molar-refractivity contribution in [1.29, 1.82) is 0 Å². The van der Waals surface area contributed by atoms with E-state index >= 15 is 0 Å². The van der Waals surface area contributed by atoms with Crippen molar-refractivity contribution in [2.75, 3.05) is 6.61 Å². The van der Waals surface area contributed by atoms with E-state index in [2.05, 4.69) is 0 Å². The summed E-state index contributed by atoms with van der Waals surface area (Å²) in [7, 11) is 0. The van der Waals surface area contributed by atoms with Crippen LogP contribution in [0.15, 0.2) is 42.0 Å². The number of hydrogen-bond acceptors (Lipinski definition) is 3. The Labute approximate surface area is 112 Å². The number of carbonyl (C=O) groups excluding carboxylic acids is 1. The SMILES string of the molecule is CCOC(=O)/C(C)=C/c1c(O)ccc2ccccc12. The molecular formula is C16H16O3. The van der Waals surface area contributed by atoms with Crippen molar-refractivity contribution in [1.82, 2.24) is 0 Å². The normalized spacial score (nSPS) is 11.6. The lowest BCUT2D eigenvalue weighted by Crippen LogP contribution is -2.04. The van der Waals surface area contributed by atoms with Crippen molar-refractivity contribution in [2.45, 2.75) is 13.8 Å². The highest BCUT2D eigenvalue weighted by Gasteiger charge is 2.09. The second-order valence-corrected chi connectivity index (χ2v) is 4.27. The highest BCUT2D eigenvalue weighted by molar-refractivity contribution is 5.99. The average molecular weight is 256 g/mol. The van der Waals surface area contributed by atoms with E-state index < -0.39 is 0 Å². The van der Waals surface area contributed by atoms with Crippen LogP contribution in [0, 0.1) is 0 Å². The van der Waals surface area contributed by atoms with Crippen LogP contribution in [0.2, 0.25) is 0 Å². The van der Waals surface area contributed by atoms with Crippen molar-refractivity contribution >= 4 is 22.8 Å². The minimum atomic E-state index is -0.366. The predicted molar refractivity (Wildman–Crippen MR) is 75.9 cm³/mol. The van der Waals surface area contributed by atoms with Gasteiger partial charge in [0.25, 0.3) is 0 Å². The van der Waals surface area contributed by atoms with Crippen LogP contribution >= 0.6 is 0 Å². The molecule has 0 fully saturated rings. The molecule has 2 aromatic carbocycles. The number of hydrogen-bond donors (Lipinski definition) is 1. The molecule has 19 heavy (non-hydrogen) atoms. The molecule has 1 N–H and O–H groups in total. The Hall–Kier alpha value is -2.29. The van der Waals surface area contributed by atoms with Crippen molar-refractivity contribution in [2.24, 2.45) is 0 Å². The second kappa shape index (κ2) is 5.57. The minimum absolute atomic E-state index is 0.155. The number of ether oxygens (including phenoxy) is 1. The maximum atomic E-state index is 11.6. The Bertz CT molecular complexity index is 641. The molecule has 0 saturated carbocycles. The van der Waals surface area contributed by atoms with Crippen LogP contribution < -0.4 is 0 Å². The molecule has 0 atom stereocenters. The smallest absolute Gasteiger partial charge is 0.333 e. The van der Waals surface area contributed by atoms with Crippen molar-refractivity contribution in [3.63, 3.8) is 0 Å². The first-order valence-corrected chi connectivity index (χ1v) is 6.19. The zero-order valence-corrected chi connectivity index (χ0v) is 11.0. The average Bonchev–Trinajstić information content (AvgIpc) is 2.42. The molecule has 0 aromatic heterocycles. The quantitative estimate of drug-likeness (QED) is 0.675. The van der Waals surface area contributed by atoms with Gasteiger partial charge < -0.3 is 9.84 Å². The molecule has 0 radical (unpaired) electrons. The lowest BCUT2D eigenvalue weighted by Gasteiger charge is -2.07.